The third-order valence-electron chi connectivity index (χ3n) is 2.39. The third kappa shape index (κ3) is 4.63. The Bertz CT molecular complexity index is 680. The maximum atomic E-state index is 12.1. The minimum absolute atomic E-state index is 0.192. The summed E-state index contributed by atoms with van der Waals surface area (Å²) >= 11 is 2.67. The average Bonchev–Trinajstić information content (AvgIpc) is 3.05. The summed E-state index contributed by atoms with van der Waals surface area (Å²) in [6, 6.07) is 3.46. The van der Waals surface area contributed by atoms with Crippen LogP contribution in [0, 0.1) is 17.8 Å². The minimum atomic E-state index is -0.218. The number of nitrogens with one attached hydrogen (secondary N) is 1. The van der Waals surface area contributed by atoms with Crippen LogP contribution in [0.25, 0.3) is 0 Å². The summed E-state index contributed by atoms with van der Waals surface area (Å²) in [4.78, 5) is 13.4. The van der Waals surface area contributed by atoms with Gasteiger partial charge in [-0.25, -0.2) is 0 Å². The lowest BCUT2D eigenvalue weighted by molar-refractivity contribution is 0.103. The van der Waals surface area contributed by atoms with Crippen molar-refractivity contribution < 1.29 is 9.90 Å². The molecule has 1 amide bonds. The van der Waals surface area contributed by atoms with Crippen LogP contribution in [0.2, 0.25) is 0 Å². The molecule has 5 nitrogen and oxygen atoms in total. The van der Waals surface area contributed by atoms with Crippen LogP contribution >= 0.6 is 22.7 Å². The first-order chi connectivity index (χ1) is 10.1. The molecular formula is C14H15N3O2S2. The van der Waals surface area contributed by atoms with E-state index in [2.05, 4.69) is 41.2 Å². The second kappa shape index (κ2) is 7.31. The molecule has 2 aromatic heterocycles. The summed E-state index contributed by atoms with van der Waals surface area (Å²) in [6.45, 7) is 4.03. The molecule has 0 aliphatic rings. The predicted octanol–water partition coefficient (Wildman–Crippen LogP) is 2.39. The number of carbonyl (C=O) groups excluding carboxylic acids is 1. The van der Waals surface area contributed by atoms with Crippen LogP contribution < -0.4 is 5.32 Å². The van der Waals surface area contributed by atoms with Crippen molar-refractivity contribution in [2.75, 3.05) is 11.9 Å². The molecule has 0 atom stereocenters. The molecule has 0 aromatic carbocycles. The van der Waals surface area contributed by atoms with E-state index in [0.717, 1.165) is 16.3 Å². The first-order valence-electron chi connectivity index (χ1n) is 6.41. The Kier molecular flexibility index (Phi) is 5.44. The molecule has 0 spiro atoms. The van der Waals surface area contributed by atoms with Crippen molar-refractivity contribution >= 4 is 33.7 Å². The Morgan fingerprint density at radius 1 is 1.38 bits per heavy atom. The van der Waals surface area contributed by atoms with Crippen molar-refractivity contribution in [3.63, 3.8) is 0 Å². The molecule has 2 rings (SSSR count). The molecule has 2 heterocycles. The highest BCUT2D eigenvalue weighted by molar-refractivity contribution is 7.16. The quantitative estimate of drug-likeness (QED) is 0.848. The number of rotatable bonds is 4. The number of thiophene rings is 1. The second-order valence-corrected chi connectivity index (χ2v) is 6.82. The van der Waals surface area contributed by atoms with Gasteiger partial charge in [0.2, 0.25) is 5.13 Å². The zero-order valence-corrected chi connectivity index (χ0v) is 13.3. The molecule has 2 aromatic rings. The molecule has 7 heteroatoms. The van der Waals surface area contributed by atoms with Crippen molar-refractivity contribution in [2.24, 2.45) is 5.92 Å². The maximum Gasteiger partial charge on any atom is 0.267 e. The van der Waals surface area contributed by atoms with Crippen LogP contribution in [0.5, 0.6) is 0 Å². The van der Waals surface area contributed by atoms with Crippen molar-refractivity contribution in [3.8, 4) is 11.8 Å². The third-order valence-corrected chi connectivity index (χ3v) is 4.25. The number of carbonyl (C=O) groups is 1. The fourth-order valence-corrected chi connectivity index (χ4v) is 3.27. The summed E-state index contributed by atoms with van der Waals surface area (Å²) in [5.74, 6) is 5.61. The fourth-order valence-electron chi connectivity index (χ4n) is 1.55. The standard InChI is InChI=1S/C14H15N3O2S2/c1-9(2)8-12-16-17-14(21-12)15-13(19)11-6-5-10(20-11)4-3-7-18/h5-6,9,18H,7-8H2,1-2H3,(H,15,17,19). The van der Waals surface area contributed by atoms with Crippen LogP contribution in [-0.4, -0.2) is 27.8 Å². The Hall–Kier alpha value is -1.75. The van der Waals surface area contributed by atoms with Crippen LogP contribution in [0.15, 0.2) is 12.1 Å². The number of hydrogen-bond donors (Lipinski definition) is 2. The Morgan fingerprint density at radius 2 is 2.19 bits per heavy atom. The monoisotopic (exact) mass is 321 g/mol. The first kappa shape index (κ1) is 15.6. The molecule has 0 aliphatic heterocycles. The van der Waals surface area contributed by atoms with Gasteiger partial charge in [0.25, 0.3) is 5.91 Å². The molecule has 110 valence electrons. The maximum absolute atomic E-state index is 12.1. The van der Waals surface area contributed by atoms with E-state index in [1.165, 1.54) is 22.7 Å². The van der Waals surface area contributed by atoms with Gasteiger partial charge >= 0.3 is 0 Å². The Morgan fingerprint density at radius 3 is 2.90 bits per heavy atom. The molecule has 0 saturated heterocycles. The first-order valence-corrected chi connectivity index (χ1v) is 8.05. The molecule has 2 N–H and O–H groups in total. The van der Waals surface area contributed by atoms with E-state index in [1.54, 1.807) is 12.1 Å². The van der Waals surface area contributed by atoms with Gasteiger partial charge in [-0.3, -0.25) is 10.1 Å². The van der Waals surface area contributed by atoms with E-state index in [0.29, 0.717) is 15.9 Å². The number of aromatic nitrogens is 2. The van der Waals surface area contributed by atoms with Crippen LogP contribution in [0.3, 0.4) is 0 Å². The van der Waals surface area contributed by atoms with Crippen molar-refractivity contribution in [1.29, 1.82) is 0 Å². The van der Waals surface area contributed by atoms with Crippen LogP contribution in [0.1, 0.15) is 33.4 Å². The van der Waals surface area contributed by atoms with Crippen molar-refractivity contribution in [3.05, 3.63) is 26.9 Å². The number of aliphatic hydroxyl groups is 1. The van der Waals surface area contributed by atoms with E-state index < -0.39 is 0 Å². The molecule has 0 aliphatic carbocycles. The largest absolute Gasteiger partial charge is 0.384 e. The van der Waals surface area contributed by atoms with Crippen molar-refractivity contribution in [2.45, 2.75) is 20.3 Å². The topological polar surface area (TPSA) is 75.1 Å². The second-order valence-electron chi connectivity index (χ2n) is 4.68. The van der Waals surface area contributed by atoms with Gasteiger partial charge in [-0.1, -0.05) is 37.0 Å². The Balaban J connectivity index is 2.00. The summed E-state index contributed by atoms with van der Waals surface area (Å²) in [6.07, 6.45) is 0.855. The number of hydrogen-bond acceptors (Lipinski definition) is 6. The van der Waals surface area contributed by atoms with Crippen molar-refractivity contribution in [1.82, 2.24) is 10.2 Å². The zero-order valence-electron chi connectivity index (χ0n) is 11.7. The number of amides is 1. The summed E-state index contributed by atoms with van der Waals surface area (Å²) in [5.41, 5.74) is 0. The molecule has 21 heavy (non-hydrogen) atoms. The molecule has 0 bridgehead atoms. The minimum Gasteiger partial charge on any atom is -0.384 e. The van der Waals surface area contributed by atoms with Gasteiger partial charge in [0.1, 0.15) is 11.6 Å². The van der Waals surface area contributed by atoms with Crippen LogP contribution in [0.4, 0.5) is 5.13 Å². The number of anilines is 1. The molecule has 0 unspecified atom stereocenters. The normalized spacial score (nSPS) is 10.3. The van der Waals surface area contributed by atoms with Crippen LogP contribution in [-0.2, 0) is 6.42 Å². The van der Waals surface area contributed by atoms with E-state index >= 15 is 0 Å². The highest BCUT2D eigenvalue weighted by Crippen LogP contribution is 2.21. The highest BCUT2D eigenvalue weighted by atomic mass is 32.1. The average molecular weight is 321 g/mol. The zero-order chi connectivity index (χ0) is 15.2. The SMILES string of the molecule is CC(C)Cc1nnc(NC(=O)c2ccc(C#CCO)s2)s1. The lowest BCUT2D eigenvalue weighted by Gasteiger charge is -1.98. The predicted molar refractivity (Wildman–Crippen MR) is 84.7 cm³/mol. The lowest BCUT2D eigenvalue weighted by Crippen LogP contribution is -2.09. The lowest BCUT2D eigenvalue weighted by atomic mass is 10.1. The summed E-state index contributed by atoms with van der Waals surface area (Å²) in [5, 5.41) is 20.8. The van der Waals surface area contributed by atoms with E-state index in [4.69, 9.17) is 5.11 Å². The van der Waals surface area contributed by atoms with Gasteiger partial charge in [0.05, 0.1) is 9.75 Å². The van der Waals surface area contributed by atoms with Gasteiger partial charge in [0, 0.05) is 6.42 Å². The van der Waals surface area contributed by atoms with Gasteiger partial charge < -0.3 is 5.11 Å². The smallest absolute Gasteiger partial charge is 0.267 e. The molecule has 0 radical (unpaired) electrons. The van der Waals surface area contributed by atoms with E-state index in [9.17, 15) is 4.79 Å². The molecule has 0 saturated carbocycles. The molecular weight excluding hydrogens is 306 g/mol. The fraction of sp³-hybridized carbons (Fsp3) is 0.357. The number of nitrogens with zero attached hydrogens (tertiary/aromatic N) is 2. The highest BCUT2D eigenvalue weighted by Gasteiger charge is 2.12. The van der Waals surface area contributed by atoms with Gasteiger partial charge in [-0.15, -0.1) is 21.5 Å². The Labute approximate surface area is 131 Å². The van der Waals surface area contributed by atoms with Gasteiger partial charge in [0.15, 0.2) is 0 Å². The van der Waals surface area contributed by atoms with E-state index in [-0.39, 0.29) is 12.5 Å². The van der Waals surface area contributed by atoms with Gasteiger partial charge in [-0.05, 0) is 18.1 Å². The van der Waals surface area contributed by atoms with E-state index in [1.807, 2.05) is 0 Å². The molecule has 0 fully saturated rings. The summed E-state index contributed by atoms with van der Waals surface area (Å²) in [7, 11) is 0. The summed E-state index contributed by atoms with van der Waals surface area (Å²) < 4.78 is 0. The number of aliphatic hydroxyl groups excluding tert-OH is 1. The van der Waals surface area contributed by atoms with Gasteiger partial charge in [-0.2, -0.15) is 0 Å².